The van der Waals surface area contributed by atoms with Crippen LogP contribution >= 0.6 is 0 Å². The highest BCUT2D eigenvalue weighted by Crippen LogP contribution is 2.37. The molecule has 4 rings (SSSR count). The topological polar surface area (TPSA) is 61.9 Å². The predicted octanol–water partition coefficient (Wildman–Crippen LogP) is 5.55. The van der Waals surface area contributed by atoms with Crippen molar-refractivity contribution in [3.05, 3.63) is 120 Å². The van der Waals surface area contributed by atoms with Crippen LogP contribution in [0.15, 0.2) is 97.6 Å². The van der Waals surface area contributed by atoms with Crippen LogP contribution in [-0.4, -0.2) is 22.0 Å². The smallest absolute Gasteiger partial charge is 0.247 e. The van der Waals surface area contributed by atoms with Crippen LogP contribution in [0.25, 0.3) is 0 Å². The van der Waals surface area contributed by atoms with Gasteiger partial charge in [0.05, 0.1) is 24.6 Å². The van der Waals surface area contributed by atoms with E-state index in [4.69, 9.17) is 0 Å². The Labute approximate surface area is 207 Å². The molecule has 0 spiro atoms. The van der Waals surface area contributed by atoms with Crippen LogP contribution < -0.4 is 4.90 Å². The van der Waals surface area contributed by atoms with Gasteiger partial charge in [-0.05, 0) is 35.1 Å². The Hall–Kier alpha value is -4.17. The number of amides is 1. The summed E-state index contributed by atoms with van der Waals surface area (Å²) in [6, 6.07) is 28.4. The van der Waals surface area contributed by atoms with Crippen LogP contribution in [-0.2, 0) is 29.6 Å². The Kier molecular flexibility index (Phi) is 7.42. The molecule has 0 N–H and O–H groups in total. The number of aromatic nitrogens is 2. The summed E-state index contributed by atoms with van der Waals surface area (Å²) in [6.45, 7) is 4.55. The van der Waals surface area contributed by atoms with E-state index in [2.05, 4.69) is 37.0 Å². The molecule has 0 aliphatic carbocycles. The van der Waals surface area contributed by atoms with Crippen LogP contribution in [0.5, 0.6) is 0 Å². The fraction of sp³-hybridized carbons (Fsp3) is 0.233. The van der Waals surface area contributed by atoms with Crippen molar-refractivity contribution in [1.82, 2.24) is 9.55 Å². The third kappa shape index (κ3) is 4.88. The number of benzene rings is 3. The van der Waals surface area contributed by atoms with E-state index < -0.39 is 5.41 Å². The predicted molar refractivity (Wildman–Crippen MR) is 139 cm³/mol. The second-order valence-corrected chi connectivity index (χ2v) is 8.60. The number of aryl methyl sites for hydroxylation is 2. The Balaban J connectivity index is 1.91. The first-order chi connectivity index (χ1) is 17.1. The lowest BCUT2D eigenvalue weighted by atomic mass is 9.75. The first-order valence-corrected chi connectivity index (χ1v) is 12.0. The zero-order valence-corrected chi connectivity index (χ0v) is 20.3. The summed E-state index contributed by atoms with van der Waals surface area (Å²) in [7, 11) is 0. The Morgan fingerprint density at radius 1 is 0.914 bits per heavy atom. The molecule has 1 amide bonds. The number of carbonyl (C=O) groups excluding carboxylic acids is 1. The van der Waals surface area contributed by atoms with Gasteiger partial charge in [0.2, 0.25) is 5.91 Å². The molecular weight excluding hydrogens is 432 g/mol. The van der Waals surface area contributed by atoms with E-state index in [9.17, 15) is 10.1 Å². The maximum atomic E-state index is 14.0. The molecule has 0 saturated heterocycles. The molecule has 0 bridgehead atoms. The van der Waals surface area contributed by atoms with Crippen molar-refractivity contribution in [3.8, 4) is 6.07 Å². The van der Waals surface area contributed by atoms with Crippen LogP contribution in [0.4, 0.5) is 5.69 Å². The van der Waals surface area contributed by atoms with Crippen LogP contribution in [0.3, 0.4) is 0 Å². The summed E-state index contributed by atoms with van der Waals surface area (Å²) in [5, 5.41) is 10.8. The summed E-state index contributed by atoms with van der Waals surface area (Å²) in [6.07, 6.45) is 6.67. The molecule has 176 valence electrons. The van der Waals surface area contributed by atoms with Gasteiger partial charge >= 0.3 is 0 Å². The van der Waals surface area contributed by atoms with Gasteiger partial charge < -0.3 is 9.47 Å². The molecule has 35 heavy (non-hydrogen) atoms. The normalized spacial score (nSPS) is 11.1. The standard InChI is InChI=1S/C30H30N4O/c1-3-24-12-11-13-25(4-2)29(24)34(28(35)20-33-19-18-32-23-33)22-30(21-31,26-14-7-5-8-15-26)27-16-9-6-10-17-27/h5-19,23H,3-4,20,22H2,1-2H3. The minimum absolute atomic E-state index is 0.0786. The summed E-state index contributed by atoms with van der Waals surface area (Å²) < 4.78 is 1.77. The summed E-state index contributed by atoms with van der Waals surface area (Å²) in [5.74, 6) is -0.0786. The number of anilines is 1. The van der Waals surface area contributed by atoms with Crippen molar-refractivity contribution in [2.45, 2.75) is 38.6 Å². The van der Waals surface area contributed by atoms with Gasteiger partial charge in [-0.25, -0.2) is 4.98 Å². The molecular formula is C30H30N4O. The monoisotopic (exact) mass is 462 g/mol. The fourth-order valence-electron chi connectivity index (χ4n) is 4.67. The third-order valence-electron chi connectivity index (χ3n) is 6.53. The van der Waals surface area contributed by atoms with Gasteiger partial charge in [0.15, 0.2) is 0 Å². The van der Waals surface area contributed by atoms with Gasteiger partial charge in [-0.15, -0.1) is 0 Å². The van der Waals surface area contributed by atoms with Crippen molar-refractivity contribution >= 4 is 11.6 Å². The van der Waals surface area contributed by atoms with Crippen molar-refractivity contribution in [2.24, 2.45) is 0 Å². The number of nitrogens with zero attached hydrogens (tertiary/aromatic N) is 4. The molecule has 0 aliphatic heterocycles. The largest absolute Gasteiger partial charge is 0.328 e. The first-order valence-electron chi connectivity index (χ1n) is 12.0. The molecule has 0 saturated carbocycles. The highest BCUT2D eigenvalue weighted by molar-refractivity contribution is 5.95. The maximum absolute atomic E-state index is 14.0. The van der Waals surface area contributed by atoms with Crippen molar-refractivity contribution in [3.63, 3.8) is 0 Å². The Morgan fingerprint density at radius 2 is 1.49 bits per heavy atom. The van der Waals surface area contributed by atoms with Gasteiger partial charge in [-0.1, -0.05) is 92.7 Å². The number of imidazole rings is 1. The van der Waals surface area contributed by atoms with Gasteiger partial charge in [0.1, 0.15) is 12.0 Å². The molecule has 0 unspecified atom stereocenters. The number of nitriles is 1. The van der Waals surface area contributed by atoms with E-state index in [1.54, 1.807) is 23.3 Å². The van der Waals surface area contributed by atoms with E-state index in [0.717, 1.165) is 40.8 Å². The van der Waals surface area contributed by atoms with Crippen LogP contribution in [0, 0.1) is 11.3 Å². The molecule has 0 radical (unpaired) electrons. The van der Waals surface area contributed by atoms with Gasteiger partial charge in [0, 0.05) is 12.4 Å². The van der Waals surface area contributed by atoms with E-state index in [0.29, 0.717) is 0 Å². The third-order valence-corrected chi connectivity index (χ3v) is 6.53. The number of carbonyl (C=O) groups is 1. The average Bonchev–Trinajstić information content (AvgIpc) is 3.43. The first kappa shape index (κ1) is 24.0. The van der Waals surface area contributed by atoms with Crippen molar-refractivity contribution < 1.29 is 4.79 Å². The summed E-state index contributed by atoms with van der Waals surface area (Å²) in [4.78, 5) is 19.9. The molecule has 4 aromatic rings. The van der Waals surface area contributed by atoms with E-state index in [-0.39, 0.29) is 19.0 Å². The number of hydrogen-bond acceptors (Lipinski definition) is 3. The van der Waals surface area contributed by atoms with Crippen molar-refractivity contribution in [2.75, 3.05) is 11.4 Å². The second-order valence-electron chi connectivity index (χ2n) is 8.60. The van der Waals surface area contributed by atoms with Crippen LogP contribution in [0.1, 0.15) is 36.1 Å². The summed E-state index contributed by atoms with van der Waals surface area (Å²) >= 11 is 0. The summed E-state index contributed by atoms with van der Waals surface area (Å²) in [5.41, 5.74) is 3.78. The minimum Gasteiger partial charge on any atom is -0.328 e. The van der Waals surface area contributed by atoms with Gasteiger partial charge in [-0.3, -0.25) is 4.79 Å². The molecule has 1 aromatic heterocycles. The van der Waals surface area contributed by atoms with E-state index >= 15 is 0 Å². The van der Waals surface area contributed by atoms with Crippen molar-refractivity contribution in [1.29, 1.82) is 5.26 Å². The minimum atomic E-state index is -1.04. The quantitative estimate of drug-likeness (QED) is 0.328. The SMILES string of the molecule is CCc1cccc(CC)c1N(CC(C#N)(c1ccccc1)c1ccccc1)C(=O)Cn1ccnc1. The van der Waals surface area contributed by atoms with E-state index in [1.165, 1.54) is 0 Å². The lowest BCUT2D eigenvalue weighted by Crippen LogP contribution is -2.46. The zero-order valence-electron chi connectivity index (χ0n) is 20.3. The van der Waals surface area contributed by atoms with E-state index in [1.807, 2.05) is 71.6 Å². The molecule has 5 nitrogen and oxygen atoms in total. The fourth-order valence-corrected chi connectivity index (χ4v) is 4.67. The highest BCUT2D eigenvalue weighted by atomic mass is 16.2. The molecule has 0 atom stereocenters. The number of rotatable bonds is 9. The molecule has 0 fully saturated rings. The second kappa shape index (κ2) is 10.8. The highest BCUT2D eigenvalue weighted by Gasteiger charge is 2.39. The zero-order chi connectivity index (χ0) is 24.7. The average molecular weight is 463 g/mol. The molecule has 3 aromatic carbocycles. The maximum Gasteiger partial charge on any atom is 0.247 e. The molecule has 0 aliphatic rings. The lowest BCUT2D eigenvalue weighted by molar-refractivity contribution is -0.119. The number of para-hydroxylation sites is 1. The Morgan fingerprint density at radius 3 is 1.94 bits per heavy atom. The lowest BCUT2D eigenvalue weighted by Gasteiger charge is -2.36. The molecule has 1 heterocycles. The van der Waals surface area contributed by atoms with Gasteiger partial charge in [0.25, 0.3) is 0 Å². The number of hydrogen-bond donors (Lipinski definition) is 0. The molecule has 5 heteroatoms. The van der Waals surface area contributed by atoms with Gasteiger partial charge in [-0.2, -0.15) is 5.26 Å². The Bertz CT molecular complexity index is 1230. The van der Waals surface area contributed by atoms with Crippen LogP contribution in [0.2, 0.25) is 0 Å².